The number of nitrogens with one attached hydrogen (secondary N) is 1. The molecule has 2 aromatic carbocycles. The number of amides is 1. The predicted molar refractivity (Wildman–Crippen MR) is 101 cm³/mol. The standard InChI is InChI=1S/C17H15BrClFN2O3S/c18-11-3-6-16(15(20)9-11)21-17(23)13-10-12(4-5-14(13)19)26(24,25)22-7-1-2-8-22/h3-6,9-10H,1-2,7-8H2,(H,21,23). The molecular formula is C17H15BrClFN2O3S. The van der Waals surface area contributed by atoms with Crippen LogP contribution in [-0.4, -0.2) is 31.7 Å². The third-order valence-electron chi connectivity index (χ3n) is 4.06. The maximum Gasteiger partial charge on any atom is 0.257 e. The minimum Gasteiger partial charge on any atom is -0.319 e. The summed E-state index contributed by atoms with van der Waals surface area (Å²) in [5.41, 5.74) is -0.0590. The summed E-state index contributed by atoms with van der Waals surface area (Å²) in [6, 6.07) is 8.14. The molecule has 0 bridgehead atoms. The van der Waals surface area contributed by atoms with E-state index in [-0.39, 0.29) is 21.2 Å². The van der Waals surface area contributed by atoms with Gasteiger partial charge in [-0.3, -0.25) is 4.79 Å². The van der Waals surface area contributed by atoms with Gasteiger partial charge in [0.25, 0.3) is 5.91 Å². The molecule has 1 fully saturated rings. The van der Waals surface area contributed by atoms with Crippen molar-refractivity contribution >= 4 is 49.1 Å². The number of anilines is 1. The Labute approximate surface area is 164 Å². The van der Waals surface area contributed by atoms with Crippen LogP contribution >= 0.6 is 27.5 Å². The van der Waals surface area contributed by atoms with Crippen LogP contribution in [0.3, 0.4) is 0 Å². The van der Waals surface area contributed by atoms with Crippen molar-refractivity contribution in [3.63, 3.8) is 0 Å². The summed E-state index contributed by atoms with van der Waals surface area (Å²) in [7, 11) is -3.68. The minimum atomic E-state index is -3.68. The maximum absolute atomic E-state index is 13.9. The summed E-state index contributed by atoms with van der Waals surface area (Å²) in [5.74, 6) is -1.31. The first-order chi connectivity index (χ1) is 12.3. The molecule has 5 nitrogen and oxygen atoms in total. The summed E-state index contributed by atoms with van der Waals surface area (Å²) < 4.78 is 41.1. The fraction of sp³-hybridized carbons (Fsp3) is 0.235. The van der Waals surface area contributed by atoms with Crippen LogP contribution < -0.4 is 5.32 Å². The summed E-state index contributed by atoms with van der Waals surface area (Å²) in [6.45, 7) is 0.910. The highest BCUT2D eigenvalue weighted by atomic mass is 79.9. The van der Waals surface area contributed by atoms with E-state index in [4.69, 9.17) is 11.6 Å². The van der Waals surface area contributed by atoms with Gasteiger partial charge in [0.05, 0.1) is 21.2 Å². The Kier molecular flexibility index (Phi) is 5.67. The molecule has 3 rings (SSSR count). The molecule has 1 aliphatic heterocycles. The number of carbonyl (C=O) groups excluding carboxylic acids is 1. The van der Waals surface area contributed by atoms with Gasteiger partial charge in [0, 0.05) is 17.6 Å². The average molecular weight is 462 g/mol. The lowest BCUT2D eigenvalue weighted by atomic mass is 10.2. The second-order valence-corrected chi connectivity index (χ2v) is 9.09. The Balaban J connectivity index is 1.91. The molecular weight excluding hydrogens is 447 g/mol. The van der Waals surface area contributed by atoms with Crippen molar-refractivity contribution in [2.75, 3.05) is 18.4 Å². The van der Waals surface area contributed by atoms with Gasteiger partial charge in [-0.1, -0.05) is 27.5 Å². The van der Waals surface area contributed by atoms with E-state index in [9.17, 15) is 17.6 Å². The van der Waals surface area contributed by atoms with Gasteiger partial charge in [0.2, 0.25) is 10.0 Å². The van der Waals surface area contributed by atoms with Crippen molar-refractivity contribution in [1.29, 1.82) is 0 Å². The highest BCUT2D eigenvalue weighted by Crippen LogP contribution is 2.27. The molecule has 0 atom stereocenters. The number of halogens is 3. The Morgan fingerprint density at radius 3 is 2.50 bits per heavy atom. The zero-order valence-corrected chi connectivity index (χ0v) is 16.7. The van der Waals surface area contributed by atoms with Crippen molar-refractivity contribution in [3.05, 3.63) is 57.3 Å². The number of rotatable bonds is 4. The van der Waals surface area contributed by atoms with E-state index in [1.54, 1.807) is 6.07 Å². The average Bonchev–Trinajstić information content (AvgIpc) is 3.13. The topological polar surface area (TPSA) is 66.5 Å². The third kappa shape index (κ3) is 3.93. The molecule has 0 saturated carbocycles. The lowest BCUT2D eigenvalue weighted by molar-refractivity contribution is 0.102. The van der Waals surface area contributed by atoms with E-state index in [1.165, 1.54) is 34.6 Å². The van der Waals surface area contributed by atoms with Crippen molar-refractivity contribution in [2.24, 2.45) is 0 Å². The van der Waals surface area contributed by atoms with Crippen LogP contribution in [0.4, 0.5) is 10.1 Å². The van der Waals surface area contributed by atoms with Crippen molar-refractivity contribution in [2.45, 2.75) is 17.7 Å². The van der Waals surface area contributed by atoms with Crippen molar-refractivity contribution < 1.29 is 17.6 Å². The zero-order chi connectivity index (χ0) is 18.9. The summed E-state index contributed by atoms with van der Waals surface area (Å²) in [4.78, 5) is 12.5. The highest BCUT2D eigenvalue weighted by molar-refractivity contribution is 9.10. The van der Waals surface area contributed by atoms with Crippen LogP contribution in [0.5, 0.6) is 0 Å². The SMILES string of the molecule is O=C(Nc1ccc(Br)cc1F)c1cc(S(=O)(=O)N2CCCC2)ccc1Cl. The number of nitrogens with zero attached hydrogens (tertiary/aromatic N) is 1. The fourth-order valence-electron chi connectivity index (χ4n) is 2.70. The van der Waals surface area contributed by atoms with Gasteiger partial charge in [-0.2, -0.15) is 4.31 Å². The van der Waals surface area contributed by atoms with Gasteiger partial charge in [0.1, 0.15) is 5.82 Å². The monoisotopic (exact) mass is 460 g/mol. The van der Waals surface area contributed by atoms with Gasteiger partial charge in [-0.25, -0.2) is 12.8 Å². The first-order valence-electron chi connectivity index (χ1n) is 7.85. The second kappa shape index (κ2) is 7.64. The maximum atomic E-state index is 13.9. The van der Waals surface area contributed by atoms with Crippen LogP contribution in [0.2, 0.25) is 5.02 Å². The Bertz CT molecular complexity index is 962. The summed E-state index contributed by atoms with van der Waals surface area (Å²) in [6.07, 6.45) is 1.62. The zero-order valence-electron chi connectivity index (χ0n) is 13.5. The van der Waals surface area contributed by atoms with E-state index in [0.29, 0.717) is 17.6 Å². The van der Waals surface area contributed by atoms with Crippen LogP contribution in [0, 0.1) is 5.82 Å². The largest absolute Gasteiger partial charge is 0.319 e. The van der Waals surface area contributed by atoms with E-state index < -0.39 is 21.7 Å². The molecule has 26 heavy (non-hydrogen) atoms. The Morgan fingerprint density at radius 2 is 1.85 bits per heavy atom. The van der Waals surface area contributed by atoms with Gasteiger partial charge in [-0.05, 0) is 49.2 Å². The molecule has 0 aromatic heterocycles. The molecule has 2 aromatic rings. The number of benzene rings is 2. The molecule has 0 unspecified atom stereocenters. The molecule has 1 heterocycles. The minimum absolute atomic E-state index is 0.00905. The van der Waals surface area contributed by atoms with Gasteiger partial charge in [0.15, 0.2) is 0 Å². The molecule has 1 N–H and O–H groups in total. The van der Waals surface area contributed by atoms with Crippen molar-refractivity contribution in [3.8, 4) is 0 Å². The molecule has 1 aliphatic rings. The molecule has 138 valence electrons. The molecule has 1 amide bonds. The number of sulfonamides is 1. The lowest BCUT2D eigenvalue weighted by Gasteiger charge is -2.16. The Morgan fingerprint density at radius 1 is 1.15 bits per heavy atom. The van der Waals surface area contributed by atoms with E-state index in [0.717, 1.165) is 12.8 Å². The fourth-order valence-corrected chi connectivity index (χ4v) is 4.78. The summed E-state index contributed by atoms with van der Waals surface area (Å²) >= 11 is 9.20. The van der Waals surface area contributed by atoms with E-state index >= 15 is 0 Å². The smallest absolute Gasteiger partial charge is 0.257 e. The molecule has 0 spiro atoms. The van der Waals surface area contributed by atoms with Crippen LogP contribution in [-0.2, 0) is 10.0 Å². The first-order valence-corrected chi connectivity index (χ1v) is 10.5. The van der Waals surface area contributed by atoms with Crippen LogP contribution in [0.15, 0.2) is 45.8 Å². The van der Waals surface area contributed by atoms with E-state index in [1.807, 2.05) is 0 Å². The third-order valence-corrected chi connectivity index (χ3v) is 6.78. The number of carbonyl (C=O) groups is 1. The van der Waals surface area contributed by atoms with Crippen LogP contribution in [0.1, 0.15) is 23.2 Å². The Hall–Kier alpha value is -1.48. The normalized spacial score (nSPS) is 15.2. The second-order valence-electron chi connectivity index (χ2n) is 5.83. The van der Waals surface area contributed by atoms with E-state index in [2.05, 4.69) is 21.2 Å². The molecule has 0 radical (unpaired) electrons. The van der Waals surface area contributed by atoms with Gasteiger partial charge < -0.3 is 5.32 Å². The van der Waals surface area contributed by atoms with Gasteiger partial charge in [-0.15, -0.1) is 0 Å². The van der Waals surface area contributed by atoms with Crippen molar-refractivity contribution in [1.82, 2.24) is 4.31 Å². The first kappa shape index (κ1) is 19.3. The molecule has 9 heteroatoms. The number of hydrogen-bond acceptors (Lipinski definition) is 3. The van der Waals surface area contributed by atoms with Gasteiger partial charge >= 0.3 is 0 Å². The number of hydrogen-bond donors (Lipinski definition) is 1. The highest BCUT2D eigenvalue weighted by Gasteiger charge is 2.28. The summed E-state index contributed by atoms with van der Waals surface area (Å²) in [5, 5.41) is 2.50. The molecule has 0 aliphatic carbocycles. The molecule has 1 saturated heterocycles. The predicted octanol–water partition coefficient (Wildman–Crippen LogP) is 4.28. The quantitative estimate of drug-likeness (QED) is 0.739. The lowest BCUT2D eigenvalue weighted by Crippen LogP contribution is -2.28. The van der Waals surface area contributed by atoms with Crippen LogP contribution in [0.25, 0.3) is 0 Å².